The summed E-state index contributed by atoms with van der Waals surface area (Å²) in [6, 6.07) is 0. The second-order valence-electron chi connectivity index (χ2n) is 8.01. The fourth-order valence-corrected chi connectivity index (χ4v) is 4.30. The van der Waals surface area contributed by atoms with Crippen LogP contribution in [0.15, 0.2) is 0 Å². The highest BCUT2D eigenvalue weighted by Gasteiger charge is 2.37. The van der Waals surface area contributed by atoms with Crippen LogP contribution in [0.4, 0.5) is 0 Å². The number of benzene rings is 2. The average Bonchev–Trinajstić information content (AvgIpc) is 2.78. The van der Waals surface area contributed by atoms with Gasteiger partial charge in [-0.05, 0) is 49.9 Å². The van der Waals surface area contributed by atoms with Gasteiger partial charge in [0.2, 0.25) is 0 Å². The zero-order valence-corrected chi connectivity index (χ0v) is 20.4. The summed E-state index contributed by atoms with van der Waals surface area (Å²) in [6.07, 6.45) is 0. The van der Waals surface area contributed by atoms with Gasteiger partial charge in [0.15, 0.2) is 0 Å². The molecule has 6 N–H and O–H groups in total. The van der Waals surface area contributed by atoms with Gasteiger partial charge in [-0.2, -0.15) is 0 Å². The van der Waals surface area contributed by atoms with Crippen molar-refractivity contribution >= 4 is 47.8 Å². The first-order chi connectivity index (χ1) is 17.9. The van der Waals surface area contributed by atoms with Crippen molar-refractivity contribution in [3.63, 3.8) is 0 Å². The predicted octanol–water partition coefficient (Wildman–Crippen LogP) is 2.11. The first-order valence-corrected chi connectivity index (χ1v) is 10.4. The third-order valence-electron chi connectivity index (χ3n) is 5.88. The van der Waals surface area contributed by atoms with Crippen molar-refractivity contribution in [2.45, 2.75) is 27.7 Å². The van der Waals surface area contributed by atoms with Crippen LogP contribution in [-0.2, 0) is 4.74 Å². The summed E-state index contributed by atoms with van der Waals surface area (Å²) in [5, 5.41) is 57.3. The molecular formula is C24H18O15. The molecule has 2 rings (SSSR count). The van der Waals surface area contributed by atoms with Gasteiger partial charge in [-0.1, -0.05) is 0 Å². The lowest BCUT2D eigenvalue weighted by Gasteiger charge is -2.19. The number of esters is 2. The van der Waals surface area contributed by atoms with Crippen molar-refractivity contribution in [1.82, 2.24) is 0 Å². The van der Waals surface area contributed by atoms with Crippen molar-refractivity contribution in [1.29, 1.82) is 0 Å². The summed E-state index contributed by atoms with van der Waals surface area (Å²) in [5.41, 5.74) is -10.7. The molecule has 0 spiro atoms. The summed E-state index contributed by atoms with van der Waals surface area (Å²) < 4.78 is 4.66. The molecule has 0 heterocycles. The summed E-state index contributed by atoms with van der Waals surface area (Å²) in [7, 11) is 0. The molecule has 0 atom stereocenters. The highest BCUT2D eigenvalue weighted by molar-refractivity contribution is 6.17. The van der Waals surface area contributed by atoms with Gasteiger partial charge < -0.3 is 35.4 Å². The molecule has 2 aromatic carbocycles. The average molecular weight is 546 g/mol. The Bertz CT molecular complexity index is 1440. The third-order valence-corrected chi connectivity index (χ3v) is 5.88. The molecule has 0 aliphatic rings. The van der Waals surface area contributed by atoms with E-state index in [2.05, 4.69) is 4.74 Å². The van der Waals surface area contributed by atoms with Crippen molar-refractivity contribution in [2.24, 2.45) is 0 Å². The van der Waals surface area contributed by atoms with Gasteiger partial charge in [0.05, 0.1) is 44.5 Å². The van der Waals surface area contributed by atoms with Crippen LogP contribution in [0.5, 0.6) is 0 Å². The fraction of sp³-hybridized carbons (Fsp3) is 0.167. The molecule has 0 saturated carbocycles. The molecular weight excluding hydrogens is 528 g/mol. The minimum atomic E-state index is -1.90. The van der Waals surface area contributed by atoms with E-state index < -0.39 is 115 Å². The van der Waals surface area contributed by atoms with Gasteiger partial charge in [-0.15, -0.1) is 0 Å². The van der Waals surface area contributed by atoms with E-state index in [1.165, 1.54) is 0 Å². The van der Waals surface area contributed by atoms with Crippen molar-refractivity contribution in [3.05, 3.63) is 66.8 Å². The highest BCUT2D eigenvalue weighted by atomic mass is 16.6. The second-order valence-corrected chi connectivity index (χ2v) is 8.01. The van der Waals surface area contributed by atoms with Crippen LogP contribution in [-0.4, -0.2) is 78.4 Å². The SMILES string of the molecule is Cc1c(C(=O)O)c(C(=O)O)c(C)c(C(=O)OC(=O)c2c(C)c(C(=O)O)c(C(=O)O)c(C)c2C(=O)O)c1C(=O)O. The van der Waals surface area contributed by atoms with E-state index in [0.717, 1.165) is 27.7 Å². The number of hydrogen-bond acceptors (Lipinski definition) is 9. The molecule has 2 aromatic rings. The number of aromatic carboxylic acids is 6. The molecule has 0 aliphatic heterocycles. The Balaban J connectivity index is 2.92. The van der Waals surface area contributed by atoms with Crippen LogP contribution >= 0.6 is 0 Å². The van der Waals surface area contributed by atoms with E-state index >= 15 is 0 Å². The van der Waals surface area contributed by atoms with Gasteiger partial charge in [-0.25, -0.2) is 38.4 Å². The molecule has 0 aliphatic carbocycles. The third kappa shape index (κ3) is 4.87. The summed E-state index contributed by atoms with van der Waals surface area (Å²) in [6.45, 7) is 3.56. The Kier molecular flexibility index (Phi) is 7.91. The van der Waals surface area contributed by atoms with Gasteiger partial charge >= 0.3 is 47.8 Å². The zero-order chi connectivity index (χ0) is 30.3. The maximum atomic E-state index is 13.0. The van der Waals surface area contributed by atoms with E-state index in [1.807, 2.05) is 0 Å². The minimum Gasteiger partial charge on any atom is -0.478 e. The molecule has 15 heteroatoms. The Hall–Kier alpha value is -5.60. The molecule has 0 amide bonds. The van der Waals surface area contributed by atoms with Crippen LogP contribution in [0.25, 0.3) is 0 Å². The molecule has 0 saturated heterocycles. The summed E-state index contributed by atoms with van der Waals surface area (Å²) in [5.74, 6) is -14.8. The zero-order valence-electron chi connectivity index (χ0n) is 20.4. The Morgan fingerprint density at radius 1 is 0.359 bits per heavy atom. The smallest absolute Gasteiger partial charge is 0.347 e. The summed E-state index contributed by atoms with van der Waals surface area (Å²) >= 11 is 0. The van der Waals surface area contributed by atoms with E-state index in [9.17, 15) is 69.0 Å². The van der Waals surface area contributed by atoms with E-state index in [-0.39, 0.29) is 0 Å². The summed E-state index contributed by atoms with van der Waals surface area (Å²) in [4.78, 5) is 96.9. The number of carboxylic acid groups (broad SMARTS) is 6. The van der Waals surface area contributed by atoms with Gasteiger partial charge in [0.1, 0.15) is 0 Å². The Labute approximate surface area is 216 Å². The van der Waals surface area contributed by atoms with Crippen LogP contribution in [0, 0.1) is 27.7 Å². The number of hydrogen-bond donors (Lipinski definition) is 6. The normalized spacial score (nSPS) is 10.5. The molecule has 204 valence electrons. The lowest BCUT2D eigenvalue weighted by Crippen LogP contribution is -2.26. The standard InChI is InChI=1S/C24H18O15/c1-5-9(17(25)26)11(19(29)30)7(3)15(13(5)21(33)34)23(37)39-24(38)16-8(4)12(20(31)32)10(18(27)28)6(2)14(16)22(35)36/h1-4H3,(H,25,26)(H,27,28)(H,29,30)(H,31,32)(H,33,34)(H,35,36). The van der Waals surface area contributed by atoms with E-state index in [0.29, 0.717) is 0 Å². The maximum Gasteiger partial charge on any atom is 0.347 e. The quantitative estimate of drug-likeness (QED) is 0.204. The highest BCUT2D eigenvalue weighted by Crippen LogP contribution is 2.32. The van der Waals surface area contributed by atoms with Crippen molar-refractivity contribution < 1.29 is 73.7 Å². The van der Waals surface area contributed by atoms with Crippen molar-refractivity contribution in [3.8, 4) is 0 Å². The van der Waals surface area contributed by atoms with Gasteiger partial charge in [0, 0.05) is 0 Å². The fourth-order valence-electron chi connectivity index (χ4n) is 4.30. The largest absolute Gasteiger partial charge is 0.478 e. The predicted molar refractivity (Wildman–Crippen MR) is 123 cm³/mol. The van der Waals surface area contributed by atoms with E-state index in [1.54, 1.807) is 0 Å². The first-order valence-electron chi connectivity index (χ1n) is 10.4. The van der Waals surface area contributed by atoms with Crippen LogP contribution in [0.1, 0.15) is 105 Å². The maximum absolute atomic E-state index is 13.0. The van der Waals surface area contributed by atoms with E-state index in [4.69, 9.17) is 0 Å². The molecule has 0 unspecified atom stereocenters. The number of rotatable bonds is 8. The van der Waals surface area contributed by atoms with Gasteiger partial charge in [-0.3, -0.25) is 0 Å². The molecule has 0 fully saturated rings. The Morgan fingerprint density at radius 3 is 0.692 bits per heavy atom. The lowest BCUT2D eigenvalue weighted by atomic mass is 9.87. The van der Waals surface area contributed by atoms with Crippen LogP contribution in [0.3, 0.4) is 0 Å². The van der Waals surface area contributed by atoms with Crippen LogP contribution in [0.2, 0.25) is 0 Å². The molecule has 39 heavy (non-hydrogen) atoms. The first kappa shape index (κ1) is 29.6. The lowest BCUT2D eigenvalue weighted by molar-refractivity contribution is 0.0383. The molecule has 15 nitrogen and oxygen atoms in total. The van der Waals surface area contributed by atoms with Gasteiger partial charge in [0.25, 0.3) is 0 Å². The topological polar surface area (TPSA) is 267 Å². The monoisotopic (exact) mass is 546 g/mol. The van der Waals surface area contributed by atoms with Crippen molar-refractivity contribution in [2.75, 3.05) is 0 Å². The Morgan fingerprint density at radius 2 is 0.513 bits per heavy atom. The molecule has 0 radical (unpaired) electrons. The molecule has 0 bridgehead atoms. The van der Waals surface area contributed by atoms with Crippen LogP contribution < -0.4 is 0 Å². The minimum absolute atomic E-state index is 0.672. The molecule has 0 aromatic heterocycles. The second kappa shape index (κ2) is 10.4. The number of carbonyl (C=O) groups is 8. The number of ether oxygens (including phenoxy) is 1. The number of carbonyl (C=O) groups excluding carboxylic acids is 2. The number of carboxylic acids is 6.